The van der Waals surface area contributed by atoms with Crippen molar-refractivity contribution >= 4 is 0 Å². The van der Waals surface area contributed by atoms with Gasteiger partial charge in [0.25, 0.3) is 0 Å². The zero-order chi connectivity index (χ0) is 9.19. The van der Waals surface area contributed by atoms with Crippen molar-refractivity contribution in [3.8, 4) is 0 Å². The number of likely N-dealkylation sites (tertiary alicyclic amines) is 1. The van der Waals surface area contributed by atoms with Crippen molar-refractivity contribution in [3.63, 3.8) is 0 Å². The lowest BCUT2D eigenvalue weighted by Crippen LogP contribution is -2.45. The van der Waals surface area contributed by atoms with Crippen LogP contribution in [0.25, 0.3) is 0 Å². The maximum absolute atomic E-state index is 12.4. The lowest BCUT2D eigenvalue weighted by molar-refractivity contribution is 0.279. The van der Waals surface area contributed by atoms with Crippen LogP contribution >= 0.6 is 0 Å². The molecule has 0 aromatic heterocycles. The third-order valence-electron chi connectivity index (χ3n) is 2.27. The van der Waals surface area contributed by atoms with Gasteiger partial charge in [0.1, 0.15) is 6.67 Å². The number of nitrogens with two attached hydrogens (primary N) is 1. The Morgan fingerprint density at radius 1 is 1.58 bits per heavy atom. The molecule has 1 unspecified atom stereocenters. The molecule has 12 heavy (non-hydrogen) atoms. The highest BCUT2D eigenvalue weighted by atomic mass is 19.1. The summed E-state index contributed by atoms with van der Waals surface area (Å²) < 4.78 is 12.4. The fourth-order valence-corrected chi connectivity index (χ4v) is 1.68. The molecule has 0 bridgehead atoms. The third kappa shape index (κ3) is 2.42. The number of nitrogens with zero attached hydrogens (tertiary/aromatic N) is 1. The number of rotatable bonds is 3. The molecule has 2 N–H and O–H groups in total. The summed E-state index contributed by atoms with van der Waals surface area (Å²) in [6.45, 7) is 6.38. The molecule has 1 aliphatic rings. The highest BCUT2D eigenvalue weighted by Gasteiger charge is 2.34. The summed E-state index contributed by atoms with van der Waals surface area (Å²) in [5, 5.41) is 0. The molecule has 71 valence electrons. The van der Waals surface area contributed by atoms with Crippen LogP contribution in [0.5, 0.6) is 0 Å². The maximum atomic E-state index is 12.4. The van der Waals surface area contributed by atoms with Crippen LogP contribution in [0, 0.1) is 5.92 Å². The van der Waals surface area contributed by atoms with E-state index in [1.807, 2.05) is 0 Å². The van der Waals surface area contributed by atoms with E-state index < -0.39 is 12.2 Å². The van der Waals surface area contributed by atoms with Crippen LogP contribution in [0.3, 0.4) is 0 Å². The van der Waals surface area contributed by atoms with E-state index in [1.165, 1.54) is 5.92 Å². The van der Waals surface area contributed by atoms with Crippen LogP contribution in [0.15, 0.2) is 0 Å². The molecule has 1 rings (SSSR count). The Kier molecular flexibility index (Phi) is 3.07. The second-order valence-electron chi connectivity index (χ2n) is 4.16. The highest BCUT2D eigenvalue weighted by molar-refractivity contribution is 4.96. The maximum Gasteiger partial charge on any atom is 0.109 e. The Bertz CT molecular complexity index is 149. The molecule has 0 aromatic rings. The van der Waals surface area contributed by atoms with Crippen molar-refractivity contribution in [3.05, 3.63) is 5.92 Å². The molecule has 0 aliphatic carbocycles. The van der Waals surface area contributed by atoms with Gasteiger partial charge in [-0.05, 0) is 12.3 Å². The van der Waals surface area contributed by atoms with Crippen LogP contribution in [0.1, 0.15) is 20.3 Å². The number of hydrogen-bond donors (Lipinski definition) is 1. The highest BCUT2D eigenvalue weighted by Crippen LogP contribution is 2.20. The summed E-state index contributed by atoms with van der Waals surface area (Å²) in [4.78, 5) is 2.22. The largest absolute Gasteiger partial charge is 0.322 e. The van der Waals surface area contributed by atoms with Gasteiger partial charge in [0, 0.05) is 19.6 Å². The Hall–Kier alpha value is -0.150. The van der Waals surface area contributed by atoms with Crippen LogP contribution in [0.4, 0.5) is 4.39 Å². The molecule has 1 atom stereocenters. The fourth-order valence-electron chi connectivity index (χ4n) is 1.68. The van der Waals surface area contributed by atoms with Crippen LogP contribution in [-0.4, -0.2) is 36.7 Å². The second kappa shape index (κ2) is 3.71. The molecule has 0 aromatic carbocycles. The van der Waals surface area contributed by atoms with Gasteiger partial charge in [-0.1, -0.05) is 13.8 Å². The van der Waals surface area contributed by atoms with E-state index in [0.29, 0.717) is 6.54 Å². The summed E-state index contributed by atoms with van der Waals surface area (Å²) in [7, 11) is 0. The smallest absolute Gasteiger partial charge is 0.109 e. The van der Waals surface area contributed by atoms with Gasteiger partial charge in [-0.25, -0.2) is 4.39 Å². The predicted octanol–water partition coefficient (Wildman–Crippen LogP) is 0.973. The number of alkyl halides is 1. The molecule has 3 heteroatoms. The standard InChI is InChI=1S/C9H18FN2/c1-8(2)5-12-4-3-9(11,6-10)7-12/h3-7,11H2,1-2H3. The fraction of sp³-hybridized carbons (Fsp3) is 0.889. The van der Waals surface area contributed by atoms with E-state index >= 15 is 0 Å². The molecule has 1 radical (unpaired) electrons. The third-order valence-corrected chi connectivity index (χ3v) is 2.27. The normalized spacial score (nSPS) is 31.8. The molecule has 0 amide bonds. The van der Waals surface area contributed by atoms with Crippen molar-refractivity contribution in [2.45, 2.75) is 25.8 Å². The van der Waals surface area contributed by atoms with Gasteiger partial charge in [0.15, 0.2) is 0 Å². The second-order valence-corrected chi connectivity index (χ2v) is 4.16. The first kappa shape index (κ1) is 9.93. The number of halogens is 1. The van der Waals surface area contributed by atoms with Crippen molar-refractivity contribution in [2.75, 3.05) is 26.3 Å². The molecule has 1 fully saturated rings. The van der Waals surface area contributed by atoms with Gasteiger partial charge in [-0.15, -0.1) is 0 Å². The zero-order valence-electron chi connectivity index (χ0n) is 7.94. The Labute approximate surface area is 73.9 Å². The van der Waals surface area contributed by atoms with E-state index in [0.717, 1.165) is 19.5 Å². The van der Waals surface area contributed by atoms with E-state index in [-0.39, 0.29) is 0 Å². The first-order valence-electron chi connectivity index (χ1n) is 4.42. The van der Waals surface area contributed by atoms with E-state index in [2.05, 4.69) is 18.7 Å². The molecule has 0 saturated carbocycles. The quantitative estimate of drug-likeness (QED) is 0.689. The van der Waals surface area contributed by atoms with E-state index in [1.54, 1.807) is 0 Å². The Morgan fingerprint density at radius 3 is 2.67 bits per heavy atom. The Balaban J connectivity index is 2.35. The van der Waals surface area contributed by atoms with Gasteiger partial charge < -0.3 is 10.6 Å². The predicted molar refractivity (Wildman–Crippen MR) is 48.5 cm³/mol. The molecular formula is C9H18FN2. The summed E-state index contributed by atoms with van der Waals surface area (Å²) in [6, 6.07) is 0. The number of hydrogen-bond acceptors (Lipinski definition) is 2. The van der Waals surface area contributed by atoms with E-state index in [4.69, 9.17) is 5.73 Å². The van der Waals surface area contributed by atoms with Crippen molar-refractivity contribution in [1.82, 2.24) is 4.90 Å². The lowest BCUT2D eigenvalue weighted by Gasteiger charge is -2.21. The monoisotopic (exact) mass is 173 g/mol. The van der Waals surface area contributed by atoms with Gasteiger partial charge in [0.2, 0.25) is 0 Å². The van der Waals surface area contributed by atoms with Crippen molar-refractivity contribution in [2.24, 2.45) is 5.73 Å². The summed E-state index contributed by atoms with van der Waals surface area (Å²) in [5.41, 5.74) is 5.24. The first-order valence-corrected chi connectivity index (χ1v) is 4.42. The Morgan fingerprint density at radius 2 is 2.25 bits per heavy atom. The van der Waals surface area contributed by atoms with Gasteiger partial charge in [-0.2, -0.15) is 0 Å². The molecule has 0 spiro atoms. The topological polar surface area (TPSA) is 29.3 Å². The molecule has 2 nitrogen and oxygen atoms in total. The summed E-state index contributed by atoms with van der Waals surface area (Å²) in [6.07, 6.45) is 0.788. The van der Waals surface area contributed by atoms with Gasteiger partial charge >= 0.3 is 0 Å². The van der Waals surface area contributed by atoms with Crippen molar-refractivity contribution < 1.29 is 4.39 Å². The van der Waals surface area contributed by atoms with Crippen LogP contribution in [0.2, 0.25) is 0 Å². The van der Waals surface area contributed by atoms with Crippen molar-refractivity contribution in [1.29, 1.82) is 0 Å². The average molecular weight is 173 g/mol. The molecule has 1 heterocycles. The minimum atomic E-state index is -0.560. The SMILES string of the molecule is C[C](C)CN1CCC(N)(CF)C1. The van der Waals surface area contributed by atoms with Gasteiger partial charge in [0.05, 0.1) is 5.54 Å². The molecule has 1 aliphatic heterocycles. The lowest BCUT2D eigenvalue weighted by atomic mass is 10.0. The molecule has 1 saturated heterocycles. The van der Waals surface area contributed by atoms with E-state index in [9.17, 15) is 4.39 Å². The first-order chi connectivity index (χ1) is 5.56. The average Bonchev–Trinajstić information content (AvgIpc) is 2.32. The van der Waals surface area contributed by atoms with Crippen LogP contribution < -0.4 is 5.73 Å². The summed E-state index contributed by atoms with van der Waals surface area (Å²) in [5.74, 6) is 1.36. The zero-order valence-corrected chi connectivity index (χ0v) is 7.94. The van der Waals surface area contributed by atoms with Crippen LogP contribution in [-0.2, 0) is 0 Å². The minimum Gasteiger partial charge on any atom is -0.322 e. The minimum absolute atomic E-state index is 0.397. The van der Waals surface area contributed by atoms with Gasteiger partial charge in [-0.3, -0.25) is 0 Å². The molecular weight excluding hydrogens is 155 g/mol. The summed E-state index contributed by atoms with van der Waals surface area (Å²) >= 11 is 0.